The van der Waals surface area contributed by atoms with Crippen LogP contribution in [0.1, 0.15) is 30.5 Å². The minimum Gasteiger partial charge on any atom is -0.343 e. The molecule has 0 aromatic carbocycles. The second kappa shape index (κ2) is 5.96. The van der Waals surface area contributed by atoms with E-state index in [9.17, 15) is 9.46 Å². The molecule has 100 valence electrons. The number of hydrogen-bond donors (Lipinski definition) is 1. The monoisotopic (exact) mass is 268 g/mol. The SMILES string of the molecule is Cc1ccc(CP(=O)(O)CN2CCCCC2)cn1. The number of nitrogens with zero attached hydrogens (tertiary/aromatic N) is 2. The van der Waals surface area contributed by atoms with Gasteiger partial charge in [0.25, 0.3) is 0 Å². The first-order chi connectivity index (χ1) is 8.55. The molecule has 1 aliphatic heterocycles. The van der Waals surface area contributed by atoms with E-state index < -0.39 is 7.37 Å². The fourth-order valence-electron chi connectivity index (χ4n) is 2.34. The van der Waals surface area contributed by atoms with Gasteiger partial charge in [0.15, 0.2) is 0 Å². The van der Waals surface area contributed by atoms with Crippen molar-refractivity contribution in [3.8, 4) is 0 Å². The third-order valence-electron chi connectivity index (χ3n) is 3.27. The van der Waals surface area contributed by atoms with Crippen molar-refractivity contribution in [2.75, 3.05) is 19.4 Å². The van der Waals surface area contributed by atoms with Crippen LogP contribution in [0.5, 0.6) is 0 Å². The molecule has 1 fully saturated rings. The van der Waals surface area contributed by atoms with Gasteiger partial charge in [0.05, 0.1) is 12.4 Å². The van der Waals surface area contributed by atoms with E-state index >= 15 is 0 Å². The Hall–Kier alpha value is -0.700. The highest BCUT2D eigenvalue weighted by atomic mass is 31.2. The lowest BCUT2D eigenvalue weighted by Crippen LogP contribution is -2.30. The molecule has 1 unspecified atom stereocenters. The molecule has 1 saturated heterocycles. The summed E-state index contributed by atoms with van der Waals surface area (Å²) in [7, 11) is -3.11. The van der Waals surface area contributed by atoms with Gasteiger partial charge in [-0.25, -0.2) is 0 Å². The van der Waals surface area contributed by atoms with E-state index in [0.29, 0.717) is 6.29 Å². The minimum atomic E-state index is -3.11. The molecule has 18 heavy (non-hydrogen) atoms. The first kappa shape index (κ1) is 13.7. The third-order valence-corrected chi connectivity index (χ3v) is 4.97. The molecule has 1 aliphatic rings. The Morgan fingerprint density at radius 2 is 2.06 bits per heavy atom. The summed E-state index contributed by atoms with van der Waals surface area (Å²) in [5.41, 5.74) is 1.78. The number of aromatic nitrogens is 1. The third kappa shape index (κ3) is 4.20. The molecule has 0 aliphatic carbocycles. The maximum Gasteiger partial charge on any atom is 0.218 e. The van der Waals surface area contributed by atoms with Crippen molar-refractivity contribution in [3.63, 3.8) is 0 Å². The lowest BCUT2D eigenvalue weighted by atomic mass is 10.1. The van der Waals surface area contributed by atoms with Gasteiger partial charge in [-0.05, 0) is 44.5 Å². The summed E-state index contributed by atoms with van der Waals surface area (Å²) in [5.74, 6) is 0. The van der Waals surface area contributed by atoms with Crippen LogP contribution in [0, 0.1) is 6.92 Å². The zero-order valence-electron chi connectivity index (χ0n) is 10.9. The van der Waals surface area contributed by atoms with Crippen LogP contribution in [0.15, 0.2) is 18.3 Å². The van der Waals surface area contributed by atoms with Crippen LogP contribution >= 0.6 is 7.37 Å². The Labute approximate surface area is 108 Å². The smallest absolute Gasteiger partial charge is 0.218 e. The van der Waals surface area contributed by atoms with Crippen molar-refractivity contribution >= 4 is 7.37 Å². The van der Waals surface area contributed by atoms with Gasteiger partial charge in [-0.1, -0.05) is 12.5 Å². The molecule has 1 aromatic rings. The summed E-state index contributed by atoms with van der Waals surface area (Å²) in [4.78, 5) is 16.4. The van der Waals surface area contributed by atoms with Gasteiger partial charge in [0.2, 0.25) is 7.37 Å². The molecule has 2 rings (SSSR count). The molecule has 0 spiro atoms. The average Bonchev–Trinajstić information content (AvgIpc) is 2.32. The quantitative estimate of drug-likeness (QED) is 0.853. The van der Waals surface area contributed by atoms with Gasteiger partial charge in [-0.15, -0.1) is 0 Å². The predicted octanol–water partition coefficient (Wildman–Crippen LogP) is 2.60. The van der Waals surface area contributed by atoms with Gasteiger partial charge < -0.3 is 4.89 Å². The summed E-state index contributed by atoms with van der Waals surface area (Å²) in [6, 6.07) is 3.78. The number of pyridine rings is 1. The maximum absolute atomic E-state index is 12.2. The number of rotatable bonds is 4. The lowest BCUT2D eigenvalue weighted by Gasteiger charge is -2.28. The molecular weight excluding hydrogens is 247 g/mol. The van der Waals surface area contributed by atoms with Gasteiger partial charge in [-0.3, -0.25) is 14.4 Å². The standard InChI is InChI=1S/C13H21N2O2P/c1-12-5-6-13(9-14-12)10-18(16,17)11-15-7-3-2-4-8-15/h5-6,9H,2-4,7-8,10-11H2,1H3,(H,16,17). The summed E-state index contributed by atoms with van der Waals surface area (Å²) >= 11 is 0. The molecule has 0 saturated carbocycles. The van der Waals surface area contributed by atoms with Crippen LogP contribution in [0.3, 0.4) is 0 Å². The Bertz CT molecular complexity index is 427. The molecule has 1 atom stereocenters. The van der Waals surface area contributed by atoms with E-state index in [2.05, 4.69) is 9.88 Å². The minimum absolute atomic E-state index is 0.233. The fraction of sp³-hybridized carbons (Fsp3) is 0.615. The van der Waals surface area contributed by atoms with Crippen LogP contribution in [0.2, 0.25) is 0 Å². The lowest BCUT2D eigenvalue weighted by molar-refractivity contribution is 0.253. The second-order valence-corrected chi connectivity index (χ2v) is 7.42. The van der Waals surface area contributed by atoms with Gasteiger partial charge in [0.1, 0.15) is 0 Å². The molecule has 1 N–H and O–H groups in total. The number of likely N-dealkylation sites (tertiary alicyclic amines) is 1. The number of hydrogen-bond acceptors (Lipinski definition) is 3. The first-order valence-electron chi connectivity index (χ1n) is 6.50. The molecule has 1 aromatic heterocycles. The summed E-state index contributed by atoms with van der Waals surface area (Å²) in [5, 5.41) is 0. The van der Waals surface area contributed by atoms with E-state index in [1.165, 1.54) is 6.42 Å². The van der Waals surface area contributed by atoms with Crippen LogP contribution < -0.4 is 0 Å². The van der Waals surface area contributed by atoms with Gasteiger partial charge >= 0.3 is 0 Å². The van der Waals surface area contributed by atoms with Gasteiger partial charge in [-0.2, -0.15) is 0 Å². The molecular formula is C13H21N2O2P. The van der Waals surface area contributed by atoms with E-state index in [-0.39, 0.29) is 6.16 Å². The molecule has 2 heterocycles. The number of aryl methyl sites for hydroxylation is 1. The van der Waals surface area contributed by atoms with Crippen molar-refractivity contribution < 1.29 is 9.46 Å². The van der Waals surface area contributed by atoms with Crippen molar-refractivity contribution in [1.82, 2.24) is 9.88 Å². The van der Waals surface area contributed by atoms with Crippen LogP contribution in [0.25, 0.3) is 0 Å². The van der Waals surface area contributed by atoms with Crippen LogP contribution in [-0.2, 0) is 10.7 Å². The second-order valence-electron chi connectivity index (χ2n) is 5.13. The van der Waals surface area contributed by atoms with Crippen molar-refractivity contribution in [2.24, 2.45) is 0 Å². The highest BCUT2D eigenvalue weighted by molar-refractivity contribution is 7.57. The Kier molecular flexibility index (Phi) is 4.55. The molecule has 5 heteroatoms. The van der Waals surface area contributed by atoms with Gasteiger partial charge in [0, 0.05) is 11.9 Å². The Morgan fingerprint density at radius 1 is 1.33 bits per heavy atom. The Balaban J connectivity index is 1.93. The fourth-order valence-corrected chi connectivity index (χ4v) is 4.11. The first-order valence-corrected chi connectivity index (χ1v) is 8.53. The van der Waals surface area contributed by atoms with Crippen molar-refractivity contribution in [3.05, 3.63) is 29.6 Å². The topological polar surface area (TPSA) is 53.4 Å². The summed E-state index contributed by atoms with van der Waals surface area (Å²) < 4.78 is 12.2. The maximum atomic E-state index is 12.2. The molecule has 0 amide bonds. The summed E-state index contributed by atoms with van der Waals surface area (Å²) in [6.45, 7) is 3.82. The van der Waals surface area contributed by atoms with E-state index in [1.807, 2.05) is 19.1 Å². The zero-order valence-corrected chi connectivity index (χ0v) is 11.8. The van der Waals surface area contributed by atoms with E-state index in [1.54, 1.807) is 6.20 Å². The molecule has 4 nitrogen and oxygen atoms in total. The largest absolute Gasteiger partial charge is 0.343 e. The van der Waals surface area contributed by atoms with Crippen molar-refractivity contribution in [1.29, 1.82) is 0 Å². The number of piperidine rings is 1. The highest BCUT2D eigenvalue weighted by Crippen LogP contribution is 2.45. The average molecular weight is 268 g/mol. The van der Waals surface area contributed by atoms with E-state index in [0.717, 1.165) is 37.2 Å². The predicted molar refractivity (Wildman–Crippen MR) is 72.8 cm³/mol. The van der Waals surface area contributed by atoms with Crippen molar-refractivity contribution in [2.45, 2.75) is 32.3 Å². The highest BCUT2D eigenvalue weighted by Gasteiger charge is 2.24. The Morgan fingerprint density at radius 3 is 2.67 bits per heavy atom. The van der Waals surface area contributed by atoms with Crippen LogP contribution in [-0.4, -0.2) is 34.2 Å². The van der Waals surface area contributed by atoms with E-state index in [4.69, 9.17) is 0 Å². The summed E-state index contributed by atoms with van der Waals surface area (Å²) in [6.07, 6.45) is 5.79. The zero-order chi connectivity index (χ0) is 13.0. The van der Waals surface area contributed by atoms with Crippen LogP contribution in [0.4, 0.5) is 0 Å². The normalized spacial score (nSPS) is 20.6. The molecule has 0 radical (unpaired) electrons. The molecule has 0 bridgehead atoms.